The summed E-state index contributed by atoms with van der Waals surface area (Å²) in [5.74, 6) is 0.937. The molecule has 0 amide bonds. The summed E-state index contributed by atoms with van der Waals surface area (Å²) >= 11 is 0. The van der Waals surface area contributed by atoms with E-state index in [1.807, 2.05) is 0 Å². The first-order chi connectivity index (χ1) is 5.71. The predicted octanol–water partition coefficient (Wildman–Crippen LogP) is 3.29. The van der Waals surface area contributed by atoms with E-state index in [-0.39, 0.29) is 16.9 Å². The van der Waals surface area contributed by atoms with E-state index in [1.54, 1.807) is 0 Å². The lowest BCUT2D eigenvalue weighted by Crippen LogP contribution is -2.23. The molecule has 1 heterocycles. The Morgan fingerprint density at radius 2 is 1.62 bits per heavy atom. The highest BCUT2D eigenvalue weighted by Gasteiger charge is 2.34. The summed E-state index contributed by atoms with van der Waals surface area (Å²) < 4.78 is 0. The molecule has 1 atom stereocenters. The Kier molecular flexibility index (Phi) is 2.46. The fraction of sp³-hybridized carbons (Fsp3) is 0.818. The van der Waals surface area contributed by atoms with E-state index in [2.05, 4.69) is 47.6 Å². The van der Waals surface area contributed by atoms with Crippen molar-refractivity contribution in [3.63, 3.8) is 0 Å². The Morgan fingerprint density at radius 1 is 1.08 bits per heavy atom. The number of allylic oxidation sites excluding steroid dienone is 1. The molecule has 1 unspecified atom stereocenters. The van der Waals surface area contributed by atoms with Gasteiger partial charge in [-0.05, 0) is 11.5 Å². The van der Waals surface area contributed by atoms with E-state index < -0.39 is 0 Å². The van der Waals surface area contributed by atoms with Gasteiger partial charge in [0.2, 0.25) is 0 Å². The van der Waals surface area contributed by atoms with Gasteiger partial charge in [0.1, 0.15) is 11.9 Å². The first kappa shape index (κ1) is 10.6. The van der Waals surface area contributed by atoms with Crippen LogP contribution in [0.1, 0.15) is 41.5 Å². The van der Waals surface area contributed by atoms with Crippen molar-refractivity contribution >= 4 is 0 Å². The Hall–Kier alpha value is -0.500. The molecule has 1 rings (SSSR count). The molecule has 0 bridgehead atoms. The first-order valence-electron chi connectivity index (χ1n) is 4.77. The van der Waals surface area contributed by atoms with Crippen molar-refractivity contribution in [2.75, 3.05) is 0 Å². The minimum absolute atomic E-state index is 0.0417. The van der Waals surface area contributed by atoms with Crippen molar-refractivity contribution in [2.24, 2.45) is 10.8 Å². The molecule has 0 saturated carbocycles. The number of hydrogen-bond donors (Lipinski definition) is 0. The fourth-order valence-corrected chi connectivity index (χ4v) is 1.07. The molecule has 2 heteroatoms. The van der Waals surface area contributed by atoms with Gasteiger partial charge in [0, 0.05) is 5.41 Å². The Bertz CT molecular complexity index is 215. The zero-order chi connectivity index (χ0) is 10.3. The first-order valence-corrected chi connectivity index (χ1v) is 4.77. The zero-order valence-corrected chi connectivity index (χ0v) is 9.47. The molecule has 0 saturated heterocycles. The summed E-state index contributed by atoms with van der Waals surface area (Å²) in [7, 11) is 0. The summed E-state index contributed by atoms with van der Waals surface area (Å²) in [6.45, 7) is 12.8. The fourth-order valence-electron chi connectivity index (χ4n) is 1.07. The van der Waals surface area contributed by atoms with E-state index in [0.29, 0.717) is 0 Å². The van der Waals surface area contributed by atoms with Gasteiger partial charge in [-0.15, -0.1) is 0 Å². The number of hydrogen-bond acceptors (Lipinski definition) is 2. The van der Waals surface area contributed by atoms with Crippen molar-refractivity contribution in [3.05, 3.63) is 11.8 Å². The molecule has 0 aromatic heterocycles. The van der Waals surface area contributed by atoms with Crippen LogP contribution >= 0.6 is 0 Å². The third kappa shape index (κ3) is 2.47. The molecule has 0 radical (unpaired) electrons. The van der Waals surface area contributed by atoms with E-state index in [9.17, 15) is 0 Å². The van der Waals surface area contributed by atoms with Gasteiger partial charge >= 0.3 is 0 Å². The largest absolute Gasteiger partial charge is 0.341 e. The van der Waals surface area contributed by atoms with Crippen LogP contribution in [0.3, 0.4) is 0 Å². The molecule has 76 valence electrons. The van der Waals surface area contributed by atoms with Crippen LogP contribution < -0.4 is 0 Å². The molecule has 0 spiro atoms. The molecule has 0 fully saturated rings. The molecule has 1 aliphatic heterocycles. The second-order valence-electron chi connectivity index (χ2n) is 5.75. The summed E-state index contributed by atoms with van der Waals surface area (Å²) in [5.41, 5.74) is 0.146. The SMILES string of the molecule is CC(C)(C)C1=CC(C(C)(C)C)OO1. The molecule has 13 heavy (non-hydrogen) atoms. The predicted molar refractivity (Wildman–Crippen MR) is 53.0 cm³/mol. The summed E-state index contributed by atoms with van der Waals surface area (Å²) in [4.78, 5) is 10.5. The molecule has 0 aromatic carbocycles. The molecule has 1 aliphatic rings. The molecular formula is C11H20O2. The zero-order valence-electron chi connectivity index (χ0n) is 9.47. The van der Waals surface area contributed by atoms with Gasteiger partial charge in [-0.1, -0.05) is 41.5 Å². The number of rotatable bonds is 0. The van der Waals surface area contributed by atoms with Gasteiger partial charge in [0.25, 0.3) is 0 Å². The molecule has 0 N–H and O–H groups in total. The minimum atomic E-state index is 0.0417. The molecule has 0 aliphatic carbocycles. The molecular weight excluding hydrogens is 164 g/mol. The third-order valence-corrected chi connectivity index (χ3v) is 2.14. The average molecular weight is 184 g/mol. The highest BCUT2D eigenvalue weighted by Crippen LogP contribution is 2.36. The minimum Gasteiger partial charge on any atom is -0.341 e. The van der Waals surface area contributed by atoms with Crippen molar-refractivity contribution in [2.45, 2.75) is 47.6 Å². The smallest absolute Gasteiger partial charge is 0.146 e. The Balaban J connectivity index is 2.76. The lowest BCUT2D eigenvalue weighted by molar-refractivity contribution is -0.287. The van der Waals surface area contributed by atoms with Crippen LogP contribution in [-0.2, 0) is 9.78 Å². The normalized spacial score (nSPS) is 24.2. The summed E-state index contributed by atoms with van der Waals surface area (Å²) in [6.07, 6.45) is 2.15. The van der Waals surface area contributed by atoms with Gasteiger partial charge in [-0.3, -0.25) is 0 Å². The van der Waals surface area contributed by atoms with Crippen LogP contribution in [0.2, 0.25) is 0 Å². The van der Waals surface area contributed by atoms with Crippen molar-refractivity contribution in [3.8, 4) is 0 Å². The highest BCUT2D eigenvalue weighted by molar-refractivity contribution is 5.10. The van der Waals surface area contributed by atoms with Crippen molar-refractivity contribution in [1.29, 1.82) is 0 Å². The standard InChI is InChI=1S/C11H20O2/c1-10(2,3)8-7-9(13-12-8)11(4,5)6/h7-8H,1-6H3. The van der Waals surface area contributed by atoms with E-state index >= 15 is 0 Å². The maximum Gasteiger partial charge on any atom is 0.146 e. The van der Waals surface area contributed by atoms with Gasteiger partial charge in [-0.25, -0.2) is 0 Å². The van der Waals surface area contributed by atoms with Crippen LogP contribution in [0.4, 0.5) is 0 Å². The van der Waals surface area contributed by atoms with E-state index in [4.69, 9.17) is 9.78 Å². The topological polar surface area (TPSA) is 18.5 Å². The van der Waals surface area contributed by atoms with Gasteiger partial charge < -0.3 is 4.89 Å². The van der Waals surface area contributed by atoms with Crippen LogP contribution in [0.25, 0.3) is 0 Å². The van der Waals surface area contributed by atoms with Crippen LogP contribution in [-0.4, -0.2) is 6.10 Å². The Labute approximate surface area is 80.8 Å². The molecule has 0 aromatic rings. The summed E-state index contributed by atoms with van der Waals surface area (Å²) in [5, 5.41) is 0. The Morgan fingerprint density at radius 3 is 1.85 bits per heavy atom. The van der Waals surface area contributed by atoms with E-state index in [0.717, 1.165) is 5.76 Å². The van der Waals surface area contributed by atoms with Crippen molar-refractivity contribution < 1.29 is 9.78 Å². The molecule has 2 nitrogen and oxygen atoms in total. The summed E-state index contributed by atoms with van der Waals surface area (Å²) in [6, 6.07) is 0. The third-order valence-electron chi connectivity index (χ3n) is 2.14. The van der Waals surface area contributed by atoms with Crippen molar-refractivity contribution in [1.82, 2.24) is 0 Å². The monoisotopic (exact) mass is 184 g/mol. The van der Waals surface area contributed by atoms with Gasteiger partial charge in [-0.2, -0.15) is 4.89 Å². The second-order valence-corrected chi connectivity index (χ2v) is 5.75. The van der Waals surface area contributed by atoms with Crippen LogP contribution in [0, 0.1) is 10.8 Å². The van der Waals surface area contributed by atoms with Gasteiger partial charge in [0.15, 0.2) is 0 Å². The maximum absolute atomic E-state index is 5.26. The van der Waals surface area contributed by atoms with Gasteiger partial charge in [0.05, 0.1) is 0 Å². The highest BCUT2D eigenvalue weighted by atomic mass is 17.2. The maximum atomic E-state index is 5.26. The van der Waals surface area contributed by atoms with Crippen LogP contribution in [0.5, 0.6) is 0 Å². The van der Waals surface area contributed by atoms with E-state index in [1.165, 1.54) is 0 Å². The second kappa shape index (κ2) is 3.02. The lowest BCUT2D eigenvalue weighted by Gasteiger charge is -2.21. The average Bonchev–Trinajstić information content (AvgIpc) is 2.28. The van der Waals surface area contributed by atoms with Crippen LogP contribution in [0.15, 0.2) is 11.8 Å². The quantitative estimate of drug-likeness (QED) is 0.538. The lowest BCUT2D eigenvalue weighted by atomic mass is 9.86.